The number of nitrogens with one attached hydrogen (secondary N) is 2. The molecule has 0 spiro atoms. The van der Waals surface area contributed by atoms with Crippen molar-refractivity contribution in [2.24, 2.45) is 0 Å². The first-order valence-electron chi connectivity index (χ1n) is 12.2. The quantitative estimate of drug-likeness (QED) is 0.418. The Morgan fingerprint density at radius 2 is 1.76 bits per heavy atom. The average Bonchev–Trinajstić information content (AvgIpc) is 3.25. The lowest BCUT2D eigenvalue weighted by atomic mass is 9.84. The highest BCUT2D eigenvalue weighted by Gasteiger charge is 2.46. The first-order chi connectivity index (χ1) is 17.8. The van der Waals surface area contributed by atoms with Crippen molar-refractivity contribution in [3.8, 4) is 16.9 Å². The molecule has 1 fully saturated rings. The van der Waals surface area contributed by atoms with Crippen molar-refractivity contribution in [2.45, 2.75) is 43.6 Å². The van der Waals surface area contributed by atoms with E-state index in [1.54, 1.807) is 18.2 Å². The van der Waals surface area contributed by atoms with Crippen molar-refractivity contribution in [1.82, 2.24) is 5.32 Å². The third-order valence-electron chi connectivity index (χ3n) is 6.77. The van der Waals surface area contributed by atoms with Gasteiger partial charge in [-0.2, -0.15) is 0 Å². The van der Waals surface area contributed by atoms with Crippen LogP contribution in [0.5, 0.6) is 5.75 Å². The summed E-state index contributed by atoms with van der Waals surface area (Å²) in [5.74, 6) is 0.379. The van der Waals surface area contributed by atoms with E-state index in [0.717, 1.165) is 28.5 Å². The van der Waals surface area contributed by atoms with Gasteiger partial charge >= 0.3 is 0 Å². The molecule has 0 aromatic heterocycles. The van der Waals surface area contributed by atoms with Gasteiger partial charge in [0.2, 0.25) is 15.9 Å². The minimum atomic E-state index is -3.42. The highest BCUT2D eigenvalue weighted by atomic mass is 32.2. The number of fused-ring (bicyclic) bond motifs is 3. The molecular formula is C28H30N2O6S. The summed E-state index contributed by atoms with van der Waals surface area (Å²) < 4.78 is 37.9. The molecule has 3 aromatic rings. The van der Waals surface area contributed by atoms with Gasteiger partial charge in [0.1, 0.15) is 18.0 Å². The molecule has 9 heteroatoms. The zero-order valence-electron chi connectivity index (χ0n) is 20.5. The van der Waals surface area contributed by atoms with Crippen LogP contribution in [0.15, 0.2) is 72.8 Å². The molecule has 3 N–H and O–H groups in total. The normalized spacial score (nSPS) is 22.4. The summed E-state index contributed by atoms with van der Waals surface area (Å²) >= 11 is 0. The number of hydrogen-bond acceptors (Lipinski definition) is 6. The summed E-state index contributed by atoms with van der Waals surface area (Å²) in [7, 11) is -3.42. The Morgan fingerprint density at radius 1 is 1.03 bits per heavy atom. The molecule has 0 aliphatic carbocycles. The van der Waals surface area contributed by atoms with E-state index in [0.29, 0.717) is 24.4 Å². The lowest BCUT2D eigenvalue weighted by molar-refractivity contribution is -0.142. The van der Waals surface area contributed by atoms with Gasteiger partial charge in [0.05, 0.1) is 25.4 Å². The zero-order chi connectivity index (χ0) is 26.0. The van der Waals surface area contributed by atoms with Gasteiger partial charge in [-0.05, 0) is 41.3 Å². The second kappa shape index (κ2) is 10.5. The largest absolute Gasteiger partial charge is 0.487 e. The lowest BCUT2D eigenvalue weighted by Crippen LogP contribution is -2.47. The highest BCUT2D eigenvalue weighted by molar-refractivity contribution is 7.92. The standard InChI is InChI=1S/C28H30N2O6S/c1-37(33,34)30-21-11-12-25-23(13-21)24-14-22(35-26(17-31)28(24)36-25)15-27(32)29-16-18-7-9-20(10-8-18)19-5-3-2-4-6-19/h2-13,22,24,26,28,30-31H,14-17H2,1H3,(H,29,32)/t22-,24+,26-,28-/m0/s1. The van der Waals surface area contributed by atoms with Crippen LogP contribution in [0, 0.1) is 0 Å². The topological polar surface area (TPSA) is 114 Å². The monoisotopic (exact) mass is 522 g/mol. The number of anilines is 1. The predicted molar refractivity (Wildman–Crippen MR) is 141 cm³/mol. The van der Waals surface area contributed by atoms with Gasteiger partial charge < -0.3 is 19.9 Å². The number of sulfonamides is 1. The molecule has 1 amide bonds. The van der Waals surface area contributed by atoms with Gasteiger partial charge in [-0.15, -0.1) is 0 Å². The van der Waals surface area contributed by atoms with Crippen molar-refractivity contribution in [3.63, 3.8) is 0 Å². The van der Waals surface area contributed by atoms with E-state index in [4.69, 9.17) is 9.47 Å². The van der Waals surface area contributed by atoms with Gasteiger partial charge in [0, 0.05) is 23.7 Å². The molecule has 0 radical (unpaired) electrons. The number of benzene rings is 3. The Hall–Kier alpha value is -3.40. The van der Waals surface area contributed by atoms with Crippen LogP contribution in [0.1, 0.15) is 29.9 Å². The first-order valence-corrected chi connectivity index (χ1v) is 14.1. The van der Waals surface area contributed by atoms with Crippen molar-refractivity contribution < 1.29 is 27.8 Å². The maximum Gasteiger partial charge on any atom is 0.229 e. The van der Waals surface area contributed by atoms with E-state index in [9.17, 15) is 18.3 Å². The second-order valence-electron chi connectivity index (χ2n) is 9.57. The summed E-state index contributed by atoms with van der Waals surface area (Å²) in [5.41, 5.74) is 4.55. The summed E-state index contributed by atoms with van der Waals surface area (Å²) in [6.45, 7) is 0.165. The number of rotatable bonds is 8. The molecule has 4 atom stereocenters. The van der Waals surface area contributed by atoms with E-state index in [1.165, 1.54) is 0 Å². The van der Waals surface area contributed by atoms with Gasteiger partial charge in [0.15, 0.2) is 0 Å². The van der Waals surface area contributed by atoms with Crippen molar-refractivity contribution >= 4 is 21.6 Å². The lowest BCUT2D eigenvalue weighted by Gasteiger charge is -2.37. The Balaban J connectivity index is 1.21. The van der Waals surface area contributed by atoms with Crippen molar-refractivity contribution in [2.75, 3.05) is 17.6 Å². The van der Waals surface area contributed by atoms with Crippen LogP contribution in [0.3, 0.4) is 0 Å². The SMILES string of the molecule is CS(=O)(=O)Nc1ccc2c(c1)[C@H]1C[C@@H](CC(=O)NCc3ccc(-c4ccccc4)cc3)O[C@@H](CO)[C@H]1O2. The molecule has 5 rings (SSSR count). The Morgan fingerprint density at radius 3 is 2.46 bits per heavy atom. The molecule has 8 nitrogen and oxygen atoms in total. The van der Waals surface area contributed by atoms with Crippen LogP contribution in [0.25, 0.3) is 11.1 Å². The molecule has 0 unspecified atom stereocenters. The van der Waals surface area contributed by atoms with Crippen LogP contribution in [-0.4, -0.2) is 50.6 Å². The molecule has 0 bridgehead atoms. The van der Waals surface area contributed by atoms with Gasteiger partial charge in [0.25, 0.3) is 0 Å². The van der Waals surface area contributed by atoms with E-state index in [-0.39, 0.29) is 24.9 Å². The number of aliphatic hydroxyl groups excluding tert-OH is 1. The molecule has 3 aromatic carbocycles. The van der Waals surface area contributed by atoms with Gasteiger partial charge in [-0.1, -0.05) is 54.6 Å². The minimum absolute atomic E-state index is 0.120. The summed E-state index contributed by atoms with van der Waals surface area (Å²) in [6, 6.07) is 23.3. The fraction of sp³-hybridized carbons (Fsp3) is 0.321. The van der Waals surface area contributed by atoms with Crippen LogP contribution in [0.4, 0.5) is 5.69 Å². The second-order valence-corrected chi connectivity index (χ2v) is 11.3. The Labute approximate surface area is 216 Å². The number of carbonyl (C=O) groups is 1. The molecule has 37 heavy (non-hydrogen) atoms. The highest BCUT2D eigenvalue weighted by Crippen LogP contribution is 2.47. The fourth-order valence-corrected chi connectivity index (χ4v) is 5.65. The molecule has 2 heterocycles. The number of ether oxygens (including phenoxy) is 2. The molecule has 0 saturated carbocycles. The number of amides is 1. The van der Waals surface area contributed by atoms with Crippen LogP contribution >= 0.6 is 0 Å². The third kappa shape index (κ3) is 5.95. The van der Waals surface area contributed by atoms with E-state index < -0.39 is 28.3 Å². The molecule has 1 saturated heterocycles. The number of aliphatic hydroxyl groups is 1. The maximum absolute atomic E-state index is 12.8. The van der Waals surface area contributed by atoms with Crippen molar-refractivity contribution in [1.29, 1.82) is 0 Å². The Kier molecular flexibility index (Phi) is 7.19. The smallest absolute Gasteiger partial charge is 0.229 e. The number of carbonyl (C=O) groups excluding carboxylic acids is 1. The van der Waals surface area contributed by atoms with E-state index >= 15 is 0 Å². The summed E-state index contributed by atoms with van der Waals surface area (Å²) in [4.78, 5) is 12.8. The number of hydrogen-bond donors (Lipinski definition) is 3. The summed E-state index contributed by atoms with van der Waals surface area (Å²) in [5, 5.41) is 12.9. The Bertz CT molecular complexity index is 1360. The van der Waals surface area contributed by atoms with Gasteiger partial charge in [-0.3, -0.25) is 9.52 Å². The van der Waals surface area contributed by atoms with Crippen LogP contribution in [-0.2, 0) is 26.1 Å². The molecule has 2 aliphatic rings. The maximum atomic E-state index is 12.8. The first kappa shape index (κ1) is 25.3. The van der Waals surface area contributed by atoms with Crippen LogP contribution in [0.2, 0.25) is 0 Å². The van der Waals surface area contributed by atoms with Crippen molar-refractivity contribution in [3.05, 3.63) is 83.9 Å². The molecular weight excluding hydrogens is 492 g/mol. The van der Waals surface area contributed by atoms with Crippen LogP contribution < -0.4 is 14.8 Å². The average molecular weight is 523 g/mol. The molecule has 194 valence electrons. The van der Waals surface area contributed by atoms with E-state index in [2.05, 4.69) is 22.2 Å². The van der Waals surface area contributed by atoms with Gasteiger partial charge in [-0.25, -0.2) is 8.42 Å². The fourth-order valence-electron chi connectivity index (χ4n) is 5.09. The zero-order valence-corrected chi connectivity index (χ0v) is 21.3. The van der Waals surface area contributed by atoms with E-state index in [1.807, 2.05) is 42.5 Å². The molecule has 2 aliphatic heterocycles. The minimum Gasteiger partial charge on any atom is -0.487 e. The predicted octanol–water partition coefficient (Wildman–Crippen LogP) is 3.43. The summed E-state index contributed by atoms with van der Waals surface area (Å²) in [6.07, 6.45) is 0.396. The third-order valence-corrected chi connectivity index (χ3v) is 7.37.